The summed E-state index contributed by atoms with van der Waals surface area (Å²) >= 11 is 0. The zero-order valence-corrected chi connectivity index (χ0v) is 21.3. The summed E-state index contributed by atoms with van der Waals surface area (Å²) < 4.78 is 40.8. The van der Waals surface area contributed by atoms with Crippen LogP contribution < -0.4 is 9.47 Å². The van der Waals surface area contributed by atoms with Crippen molar-refractivity contribution in [3.05, 3.63) is 42.5 Å². The molecule has 2 aliphatic rings. The lowest BCUT2D eigenvalue weighted by Gasteiger charge is -2.37. The van der Waals surface area contributed by atoms with Crippen molar-refractivity contribution in [1.82, 2.24) is 9.21 Å². The van der Waals surface area contributed by atoms with Crippen molar-refractivity contribution < 1.29 is 23.0 Å². The lowest BCUT2D eigenvalue weighted by molar-refractivity contribution is 0.0741. The van der Waals surface area contributed by atoms with Gasteiger partial charge in [0, 0.05) is 37.2 Å². The van der Waals surface area contributed by atoms with E-state index in [2.05, 4.69) is 11.9 Å². The Morgan fingerprint density at radius 3 is 2.62 bits per heavy atom. The number of fused-ring (bicyclic) bond motifs is 1. The third kappa shape index (κ3) is 5.25. The number of sulfonamides is 1. The molecule has 34 heavy (non-hydrogen) atoms. The molecule has 8 heteroatoms. The fourth-order valence-corrected chi connectivity index (χ4v) is 6.44. The summed E-state index contributed by atoms with van der Waals surface area (Å²) in [5, 5.41) is 9.82. The number of likely N-dealkylation sites (N-methyl/N-ethyl adjacent to an activating group) is 1. The van der Waals surface area contributed by atoms with Gasteiger partial charge in [0.15, 0.2) is 0 Å². The van der Waals surface area contributed by atoms with Crippen molar-refractivity contribution in [2.45, 2.75) is 43.7 Å². The predicted octanol–water partition coefficient (Wildman–Crippen LogP) is 3.47. The minimum absolute atomic E-state index is 0.0616. The minimum Gasteiger partial charge on any atom is -0.496 e. The first kappa shape index (κ1) is 25.0. The molecule has 7 nitrogen and oxygen atoms in total. The number of hydrogen-bond acceptors (Lipinski definition) is 6. The van der Waals surface area contributed by atoms with Crippen molar-refractivity contribution in [3.63, 3.8) is 0 Å². The molecule has 0 radical (unpaired) electrons. The third-order valence-electron chi connectivity index (χ3n) is 6.84. The van der Waals surface area contributed by atoms with Crippen LogP contribution in [0.3, 0.4) is 0 Å². The standard InChI is InChI=1S/C26H36N2O5S/c1-18-14-28(19(2)17-29)34(30,31)26-12-11-21(22-7-5-6-8-23(22)32-4)13-24(26)33-25(18)16-27(3)15-20-9-10-20/h5-8,11-13,18-20,25,29H,9-10,14-17H2,1-4H3/t18-,19-,25-/m1/s1. The smallest absolute Gasteiger partial charge is 0.247 e. The van der Waals surface area contributed by atoms with Crippen molar-refractivity contribution in [1.29, 1.82) is 0 Å². The Kier molecular flexibility index (Phi) is 7.52. The average Bonchev–Trinajstić information content (AvgIpc) is 3.64. The van der Waals surface area contributed by atoms with E-state index in [-0.39, 0.29) is 23.5 Å². The fraction of sp³-hybridized carbons (Fsp3) is 0.538. The van der Waals surface area contributed by atoms with Crippen LogP contribution in [0, 0.1) is 11.8 Å². The molecule has 4 rings (SSSR count). The third-order valence-corrected chi connectivity index (χ3v) is 8.86. The number of para-hydroxylation sites is 1. The van der Waals surface area contributed by atoms with Gasteiger partial charge in [0.1, 0.15) is 22.5 Å². The molecule has 3 atom stereocenters. The zero-order chi connectivity index (χ0) is 24.5. The Bertz CT molecular complexity index is 1100. The number of aliphatic hydroxyl groups is 1. The highest BCUT2D eigenvalue weighted by atomic mass is 32.2. The fourth-order valence-electron chi connectivity index (χ4n) is 4.62. The summed E-state index contributed by atoms with van der Waals surface area (Å²) in [6.07, 6.45) is 2.35. The van der Waals surface area contributed by atoms with Crippen LogP contribution in [0.15, 0.2) is 47.4 Å². The van der Waals surface area contributed by atoms with E-state index >= 15 is 0 Å². The van der Waals surface area contributed by atoms with Gasteiger partial charge in [-0.3, -0.25) is 0 Å². The molecular formula is C26H36N2O5S. The van der Waals surface area contributed by atoms with Gasteiger partial charge in [0.25, 0.3) is 0 Å². The van der Waals surface area contributed by atoms with Gasteiger partial charge in [0.05, 0.1) is 13.7 Å². The van der Waals surface area contributed by atoms with Gasteiger partial charge in [-0.25, -0.2) is 8.42 Å². The van der Waals surface area contributed by atoms with E-state index in [9.17, 15) is 13.5 Å². The highest BCUT2D eigenvalue weighted by Gasteiger charge is 2.38. The Morgan fingerprint density at radius 1 is 1.21 bits per heavy atom. The van der Waals surface area contributed by atoms with Crippen molar-refractivity contribution in [3.8, 4) is 22.6 Å². The highest BCUT2D eigenvalue weighted by Crippen LogP contribution is 2.39. The minimum atomic E-state index is -3.86. The maximum Gasteiger partial charge on any atom is 0.247 e. The highest BCUT2D eigenvalue weighted by molar-refractivity contribution is 7.89. The molecule has 0 saturated heterocycles. The zero-order valence-electron chi connectivity index (χ0n) is 20.5. The summed E-state index contributed by atoms with van der Waals surface area (Å²) in [5.74, 6) is 1.74. The molecule has 1 aliphatic carbocycles. The average molecular weight is 489 g/mol. The van der Waals surface area contributed by atoms with E-state index in [0.29, 0.717) is 24.6 Å². The van der Waals surface area contributed by atoms with Crippen molar-refractivity contribution in [2.75, 3.05) is 40.4 Å². The first-order valence-corrected chi connectivity index (χ1v) is 13.4. The number of aliphatic hydroxyl groups excluding tert-OH is 1. The molecular weight excluding hydrogens is 452 g/mol. The normalized spacial score (nSPS) is 23.5. The number of methoxy groups -OCH3 is 1. The lowest BCUT2D eigenvalue weighted by Crippen LogP contribution is -2.49. The molecule has 0 amide bonds. The van der Waals surface area contributed by atoms with Gasteiger partial charge in [-0.15, -0.1) is 0 Å². The SMILES string of the molecule is COc1ccccc1-c1ccc2c(c1)O[C@H](CN(C)CC1CC1)[C@H](C)CN([C@H](C)CO)S2(=O)=O. The first-order valence-electron chi connectivity index (χ1n) is 12.0. The molecule has 1 aliphatic heterocycles. The van der Waals surface area contributed by atoms with Crippen LogP contribution in [-0.2, 0) is 10.0 Å². The van der Waals surface area contributed by atoms with E-state index in [1.807, 2.05) is 31.2 Å². The van der Waals surface area contributed by atoms with Crippen LogP contribution >= 0.6 is 0 Å². The second-order valence-corrected chi connectivity index (χ2v) is 11.6. The molecule has 2 aromatic rings. The number of benzene rings is 2. The van der Waals surface area contributed by atoms with Gasteiger partial charge >= 0.3 is 0 Å². The largest absolute Gasteiger partial charge is 0.496 e. The van der Waals surface area contributed by atoms with Gasteiger partial charge < -0.3 is 19.5 Å². The van der Waals surface area contributed by atoms with Gasteiger partial charge in [-0.05, 0) is 56.5 Å². The van der Waals surface area contributed by atoms with Crippen molar-refractivity contribution in [2.24, 2.45) is 11.8 Å². The van der Waals surface area contributed by atoms with E-state index in [1.54, 1.807) is 32.2 Å². The van der Waals surface area contributed by atoms with Crippen LogP contribution in [0.2, 0.25) is 0 Å². The van der Waals surface area contributed by atoms with Crippen molar-refractivity contribution >= 4 is 10.0 Å². The number of nitrogens with zero attached hydrogens (tertiary/aromatic N) is 2. The molecule has 0 bridgehead atoms. The van der Waals surface area contributed by atoms with Crippen LogP contribution in [0.25, 0.3) is 11.1 Å². The van der Waals surface area contributed by atoms with Crippen LogP contribution in [0.5, 0.6) is 11.5 Å². The quantitative estimate of drug-likeness (QED) is 0.613. The predicted molar refractivity (Wildman–Crippen MR) is 133 cm³/mol. The van der Waals surface area contributed by atoms with Gasteiger partial charge in [-0.1, -0.05) is 31.2 Å². The van der Waals surface area contributed by atoms with E-state index < -0.39 is 16.1 Å². The second-order valence-electron chi connectivity index (χ2n) is 9.77. The Labute approximate surface area is 203 Å². The topological polar surface area (TPSA) is 79.3 Å². The molecule has 0 aromatic heterocycles. The number of rotatable bonds is 8. The summed E-state index contributed by atoms with van der Waals surface area (Å²) in [4.78, 5) is 2.42. The van der Waals surface area contributed by atoms with E-state index in [4.69, 9.17) is 9.47 Å². The van der Waals surface area contributed by atoms with Crippen LogP contribution in [0.1, 0.15) is 26.7 Å². The molecule has 0 unspecified atom stereocenters. The molecule has 186 valence electrons. The molecule has 1 saturated carbocycles. The molecule has 1 N–H and O–H groups in total. The molecule has 2 aromatic carbocycles. The molecule has 0 spiro atoms. The summed E-state index contributed by atoms with van der Waals surface area (Å²) in [6, 6.07) is 12.3. The Balaban J connectivity index is 1.77. The van der Waals surface area contributed by atoms with Gasteiger partial charge in [0.2, 0.25) is 10.0 Å². The van der Waals surface area contributed by atoms with Gasteiger partial charge in [-0.2, -0.15) is 4.31 Å². The summed E-state index contributed by atoms with van der Waals surface area (Å²) in [7, 11) is -0.138. The maximum absolute atomic E-state index is 13.7. The summed E-state index contributed by atoms with van der Waals surface area (Å²) in [5.41, 5.74) is 1.69. The molecule has 1 fully saturated rings. The lowest BCUT2D eigenvalue weighted by atomic mass is 10.0. The maximum atomic E-state index is 13.7. The summed E-state index contributed by atoms with van der Waals surface area (Å²) in [6.45, 7) is 5.54. The second kappa shape index (κ2) is 10.2. The van der Waals surface area contributed by atoms with E-state index in [0.717, 1.165) is 23.6 Å². The number of hydrogen-bond donors (Lipinski definition) is 1. The number of ether oxygens (including phenoxy) is 2. The molecule has 1 heterocycles. The Morgan fingerprint density at radius 2 is 1.94 bits per heavy atom. The first-order chi connectivity index (χ1) is 16.2. The van der Waals surface area contributed by atoms with Crippen LogP contribution in [-0.4, -0.2) is 75.3 Å². The Hall–Kier alpha value is -2.13. The monoisotopic (exact) mass is 488 g/mol. The van der Waals surface area contributed by atoms with Crippen LogP contribution in [0.4, 0.5) is 0 Å². The van der Waals surface area contributed by atoms with E-state index in [1.165, 1.54) is 17.1 Å².